The maximum absolute atomic E-state index is 6.41. The van der Waals surface area contributed by atoms with Crippen molar-refractivity contribution in [3.63, 3.8) is 0 Å². The monoisotopic (exact) mass is 215 g/mol. The first-order chi connectivity index (χ1) is 7.52. The maximum atomic E-state index is 6.41. The van der Waals surface area contributed by atoms with E-state index in [-0.39, 0.29) is 5.92 Å². The molecule has 0 fully saturated rings. The predicted octanol–water partition coefficient (Wildman–Crippen LogP) is 1.47. The molecular formula is C13H17N3. The molecule has 2 atom stereocenters. The first kappa shape index (κ1) is 10.8. The van der Waals surface area contributed by atoms with Gasteiger partial charge in [-0.25, -0.2) is 0 Å². The van der Waals surface area contributed by atoms with Gasteiger partial charge >= 0.3 is 0 Å². The second kappa shape index (κ2) is 3.68. The molecule has 3 heteroatoms. The van der Waals surface area contributed by atoms with Gasteiger partial charge in [-0.15, -0.1) is 0 Å². The van der Waals surface area contributed by atoms with Crippen molar-refractivity contribution in [2.24, 2.45) is 17.4 Å². The van der Waals surface area contributed by atoms with Crippen LogP contribution in [0.5, 0.6) is 0 Å². The molecule has 1 aromatic rings. The van der Waals surface area contributed by atoms with Crippen LogP contribution in [0.15, 0.2) is 48.2 Å². The topological polar surface area (TPSA) is 78.1 Å². The average Bonchev–Trinajstić information content (AvgIpc) is 2.25. The van der Waals surface area contributed by atoms with Gasteiger partial charge in [0.25, 0.3) is 0 Å². The van der Waals surface area contributed by atoms with Crippen molar-refractivity contribution in [1.82, 2.24) is 0 Å². The zero-order chi connectivity index (χ0) is 11.8. The van der Waals surface area contributed by atoms with Crippen LogP contribution in [-0.4, -0.2) is 0 Å². The van der Waals surface area contributed by atoms with Crippen LogP contribution >= 0.6 is 0 Å². The highest BCUT2D eigenvalue weighted by atomic mass is 14.8. The van der Waals surface area contributed by atoms with Gasteiger partial charge in [0.05, 0.1) is 5.54 Å². The third-order valence-electron chi connectivity index (χ3n) is 3.16. The van der Waals surface area contributed by atoms with Gasteiger partial charge in [0.2, 0.25) is 0 Å². The van der Waals surface area contributed by atoms with Crippen LogP contribution in [-0.2, 0) is 5.54 Å². The number of hydrogen-bond acceptors (Lipinski definition) is 3. The smallest absolute Gasteiger partial charge is 0.0660 e. The Kier molecular flexibility index (Phi) is 2.48. The van der Waals surface area contributed by atoms with E-state index in [1.54, 1.807) is 0 Å². The van der Waals surface area contributed by atoms with Crippen molar-refractivity contribution >= 4 is 5.69 Å². The Labute approximate surface area is 95.6 Å². The van der Waals surface area contributed by atoms with E-state index in [4.69, 9.17) is 17.2 Å². The van der Waals surface area contributed by atoms with Crippen LogP contribution in [0, 0.1) is 5.92 Å². The second-order valence-electron chi connectivity index (χ2n) is 4.34. The standard InChI is InChI=1S/C13H17N3/c1-9-8-12(15)6-7-13(9,16)10-2-4-11(14)5-3-10/h2-9H,14-16H2,1H3. The summed E-state index contributed by atoms with van der Waals surface area (Å²) in [6.45, 7) is 2.06. The minimum absolute atomic E-state index is 0.168. The third kappa shape index (κ3) is 1.70. The lowest BCUT2D eigenvalue weighted by Gasteiger charge is -2.34. The van der Waals surface area contributed by atoms with Crippen LogP contribution in [0.25, 0.3) is 0 Å². The van der Waals surface area contributed by atoms with Gasteiger partial charge in [0.1, 0.15) is 0 Å². The minimum Gasteiger partial charge on any atom is -0.399 e. The summed E-state index contributed by atoms with van der Waals surface area (Å²) < 4.78 is 0. The number of nitrogen functional groups attached to an aromatic ring is 1. The molecule has 0 saturated carbocycles. The van der Waals surface area contributed by atoms with E-state index in [1.165, 1.54) is 0 Å². The fourth-order valence-electron chi connectivity index (χ4n) is 2.00. The first-order valence-corrected chi connectivity index (χ1v) is 5.34. The molecule has 1 aromatic carbocycles. The Morgan fingerprint density at radius 3 is 2.31 bits per heavy atom. The normalized spacial score (nSPS) is 28.9. The molecule has 0 aliphatic heterocycles. The van der Waals surface area contributed by atoms with E-state index < -0.39 is 5.54 Å². The Hall–Kier alpha value is -1.74. The Bertz CT molecular complexity index is 445. The maximum Gasteiger partial charge on any atom is 0.0660 e. The minimum atomic E-state index is -0.490. The molecule has 0 radical (unpaired) electrons. The number of nitrogens with two attached hydrogens (primary N) is 3. The zero-order valence-electron chi connectivity index (χ0n) is 9.35. The fraction of sp³-hybridized carbons (Fsp3) is 0.231. The Balaban J connectivity index is 2.40. The van der Waals surface area contributed by atoms with E-state index in [1.807, 2.05) is 42.5 Å². The molecule has 2 rings (SSSR count). The molecule has 84 valence electrons. The summed E-state index contributed by atoms with van der Waals surface area (Å²) in [5, 5.41) is 0. The van der Waals surface area contributed by atoms with Crippen molar-refractivity contribution in [3.8, 4) is 0 Å². The number of allylic oxidation sites excluding steroid dienone is 1. The second-order valence-corrected chi connectivity index (χ2v) is 4.34. The van der Waals surface area contributed by atoms with E-state index in [2.05, 4.69) is 6.92 Å². The summed E-state index contributed by atoms with van der Waals surface area (Å²) in [5.41, 5.74) is 19.9. The molecule has 16 heavy (non-hydrogen) atoms. The quantitative estimate of drug-likeness (QED) is 0.621. The Morgan fingerprint density at radius 2 is 1.75 bits per heavy atom. The molecule has 1 aliphatic rings. The van der Waals surface area contributed by atoms with Crippen molar-refractivity contribution in [2.75, 3.05) is 5.73 Å². The zero-order valence-corrected chi connectivity index (χ0v) is 9.35. The highest BCUT2D eigenvalue weighted by molar-refractivity contribution is 5.45. The van der Waals surface area contributed by atoms with Gasteiger partial charge in [-0.2, -0.15) is 0 Å². The van der Waals surface area contributed by atoms with Crippen molar-refractivity contribution in [3.05, 3.63) is 53.8 Å². The van der Waals surface area contributed by atoms with Crippen molar-refractivity contribution < 1.29 is 0 Å². The number of hydrogen-bond donors (Lipinski definition) is 3. The van der Waals surface area contributed by atoms with Gasteiger partial charge in [-0.3, -0.25) is 0 Å². The molecule has 0 heterocycles. The largest absolute Gasteiger partial charge is 0.399 e. The van der Waals surface area contributed by atoms with Crippen LogP contribution in [0.4, 0.5) is 5.69 Å². The highest BCUT2D eigenvalue weighted by Gasteiger charge is 2.31. The summed E-state index contributed by atoms with van der Waals surface area (Å²) in [6.07, 6.45) is 5.80. The molecule has 0 spiro atoms. The highest BCUT2D eigenvalue weighted by Crippen LogP contribution is 2.33. The number of anilines is 1. The molecule has 0 bridgehead atoms. The molecule has 3 nitrogen and oxygen atoms in total. The lowest BCUT2D eigenvalue weighted by atomic mass is 9.76. The van der Waals surface area contributed by atoms with Gasteiger partial charge in [-0.1, -0.05) is 31.2 Å². The molecule has 0 amide bonds. The summed E-state index contributed by atoms with van der Waals surface area (Å²) in [4.78, 5) is 0. The molecule has 1 aliphatic carbocycles. The molecular weight excluding hydrogens is 198 g/mol. The lowest BCUT2D eigenvalue weighted by Crippen LogP contribution is -2.42. The van der Waals surface area contributed by atoms with Crippen molar-refractivity contribution in [2.45, 2.75) is 12.5 Å². The van der Waals surface area contributed by atoms with Crippen LogP contribution < -0.4 is 17.2 Å². The van der Waals surface area contributed by atoms with Crippen LogP contribution in [0.2, 0.25) is 0 Å². The summed E-state index contributed by atoms with van der Waals surface area (Å²) in [5.74, 6) is 0.168. The molecule has 0 saturated heterocycles. The van der Waals surface area contributed by atoms with E-state index in [9.17, 15) is 0 Å². The van der Waals surface area contributed by atoms with E-state index >= 15 is 0 Å². The van der Waals surface area contributed by atoms with Crippen LogP contribution in [0.1, 0.15) is 12.5 Å². The van der Waals surface area contributed by atoms with Crippen LogP contribution in [0.3, 0.4) is 0 Å². The fourth-order valence-corrected chi connectivity index (χ4v) is 2.00. The predicted molar refractivity (Wildman–Crippen MR) is 67.3 cm³/mol. The SMILES string of the molecule is CC1C=C(N)C=CC1(N)c1ccc(N)cc1. The average molecular weight is 215 g/mol. The van der Waals surface area contributed by atoms with Crippen molar-refractivity contribution in [1.29, 1.82) is 0 Å². The Morgan fingerprint density at radius 1 is 1.12 bits per heavy atom. The van der Waals surface area contributed by atoms with Gasteiger partial charge in [0.15, 0.2) is 0 Å². The van der Waals surface area contributed by atoms with E-state index in [0.29, 0.717) is 0 Å². The van der Waals surface area contributed by atoms with Gasteiger partial charge in [-0.05, 0) is 23.8 Å². The van der Waals surface area contributed by atoms with Gasteiger partial charge in [0, 0.05) is 17.3 Å². The molecule has 6 N–H and O–H groups in total. The number of rotatable bonds is 1. The number of benzene rings is 1. The summed E-state index contributed by atoms with van der Waals surface area (Å²) in [7, 11) is 0. The lowest BCUT2D eigenvalue weighted by molar-refractivity contribution is 0.430. The summed E-state index contributed by atoms with van der Waals surface area (Å²) in [6, 6.07) is 7.66. The van der Waals surface area contributed by atoms with Gasteiger partial charge < -0.3 is 17.2 Å². The molecule has 0 aromatic heterocycles. The third-order valence-corrected chi connectivity index (χ3v) is 3.16. The summed E-state index contributed by atoms with van der Waals surface area (Å²) >= 11 is 0. The molecule has 2 unspecified atom stereocenters. The van der Waals surface area contributed by atoms with E-state index in [0.717, 1.165) is 16.9 Å². The first-order valence-electron chi connectivity index (χ1n) is 5.34.